The Morgan fingerprint density at radius 3 is 2.43 bits per heavy atom. The SMILES string of the molecule is CC(C)[C@@H](O)COCc1ccccc1. The second-order valence-corrected chi connectivity index (χ2v) is 3.81. The maximum absolute atomic E-state index is 9.48. The minimum Gasteiger partial charge on any atom is -0.390 e. The summed E-state index contributed by atoms with van der Waals surface area (Å²) in [6.45, 7) is 4.95. The fourth-order valence-corrected chi connectivity index (χ4v) is 1.06. The highest BCUT2D eigenvalue weighted by Crippen LogP contribution is 2.04. The first-order valence-corrected chi connectivity index (χ1v) is 5.00. The van der Waals surface area contributed by atoms with E-state index in [2.05, 4.69) is 0 Å². The van der Waals surface area contributed by atoms with E-state index in [0.29, 0.717) is 13.2 Å². The van der Waals surface area contributed by atoms with E-state index in [-0.39, 0.29) is 12.0 Å². The Hall–Kier alpha value is -0.860. The van der Waals surface area contributed by atoms with Crippen LogP contribution in [0.2, 0.25) is 0 Å². The maximum Gasteiger partial charge on any atom is 0.0796 e. The van der Waals surface area contributed by atoms with Gasteiger partial charge >= 0.3 is 0 Å². The molecule has 0 unspecified atom stereocenters. The van der Waals surface area contributed by atoms with Gasteiger partial charge < -0.3 is 9.84 Å². The molecule has 1 atom stereocenters. The molecule has 0 bridgehead atoms. The van der Waals surface area contributed by atoms with E-state index < -0.39 is 0 Å². The molecule has 0 aliphatic heterocycles. The second kappa shape index (κ2) is 5.78. The van der Waals surface area contributed by atoms with E-state index in [0.717, 1.165) is 5.56 Å². The van der Waals surface area contributed by atoms with Gasteiger partial charge in [-0.1, -0.05) is 44.2 Å². The number of benzene rings is 1. The van der Waals surface area contributed by atoms with E-state index in [1.165, 1.54) is 0 Å². The summed E-state index contributed by atoms with van der Waals surface area (Å²) >= 11 is 0. The Balaban J connectivity index is 2.22. The molecule has 2 heteroatoms. The third kappa shape index (κ3) is 3.90. The molecule has 1 aromatic carbocycles. The van der Waals surface area contributed by atoms with Crippen LogP contribution in [0.3, 0.4) is 0 Å². The van der Waals surface area contributed by atoms with Gasteiger partial charge in [0.05, 0.1) is 19.3 Å². The molecule has 2 nitrogen and oxygen atoms in total. The van der Waals surface area contributed by atoms with E-state index in [1.807, 2.05) is 44.2 Å². The van der Waals surface area contributed by atoms with Gasteiger partial charge in [-0.25, -0.2) is 0 Å². The fraction of sp³-hybridized carbons (Fsp3) is 0.500. The van der Waals surface area contributed by atoms with Crippen molar-refractivity contribution in [2.75, 3.05) is 6.61 Å². The molecular formula is C12H18O2. The summed E-state index contributed by atoms with van der Waals surface area (Å²) in [4.78, 5) is 0. The van der Waals surface area contributed by atoms with Crippen molar-refractivity contribution in [1.29, 1.82) is 0 Å². The molecule has 0 saturated heterocycles. The van der Waals surface area contributed by atoms with Crippen molar-refractivity contribution in [2.45, 2.75) is 26.6 Å². The van der Waals surface area contributed by atoms with Crippen LogP contribution in [0.15, 0.2) is 30.3 Å². The van der Waals surface area contributed by atoms with Gasteiger partial charge in [0.25, 0.3) is 0 Å². The van der Waals surface area contributed by atoms with Gasteiger partial charge in [0.2, 0.25) is 0 Å². The van der Waals surface area contributed by atoms with Crippen LogP contribution >= 0.6 is 0 Å². The van der Waals surface area contributed by atoms with Gasteiger partial charge in [-0.2, -0.15) is 0 Å². The number of rotatable bonds is 5. The average Bonchev–Trinajstić information content (AvgIpc) is 2.19. The van der Waals surface area contributed by atoms with E-state index in [4.69, 9.17) is 4.74 Å². The average molecular weight is 194 g/mol. The van der Waals surface area contributed by atoms with Crippen molar-refractivity contribution in [1.82, 2.24) is 0 Å². The van der Waals surface area contributed by atoms with Crippen molar-refractivity contribution in [2.24, 2.45) is 5.92 Å². The zero-order chi connectivity index (χ0) is 10.4. The Morgan fingerprint density at radius 2 is 1.86 bits per heavy atom. The van der Waals surface area contributed by atoms with Crippen LogP contribution in [0.25, 0.3) is 0 Å². The molecule has 14 heavy (non-hydrogen) atoms. The van der Waals surface area contributed by atoms with E-state index in [9.17, 15) is 5.11 Å². The molecule has 0 aliphatic carbocycles. The first kappa shape index (κ1) is 11.2. The molecule has 0 aromatic heterocycles. The van der Waals surface area contributed by atoms with Crippen molar-refractivity contribution >= 4 is 0 Å². The van der Waals surface area contributed by atoms with Gasteiger partial charge in [-0.05, 0) is 11.5 Å². The monoisotopic (exact) mass is 194 g/mol. The maximum atomic E-state index is 9.48. The highest BCUT2D eigenvalue weighted by Gasteiger charge is 2.08. The number of hydrogen-bond donors (Lipinski definition) is 1. The summed E-state index contributed by atoms with van der Waals surface area (Å²) < 4.78 is 5.39. The predicted octanol–water partition coefficient (Wildman–Crippen LogP) is 2.22. The molecule has 0 fully saturated rings. The molecule has 0 saturated carbocycles. The number of hydrogen-bond acceptors (Lipinski definition) is 2. The standard InChI is InChI=1S/C12H18O2/c1-10(2)12(13)9-14-8-11-6-4-3-5-7-11/h3-7,10,12-13H,8-9H2,1-2H3/t12-/m0/s1. The molecule has 1 aromatic rings. The number of ether oxygens (including phenoxy) is 1. The molecule has 0 amide bonds. The second-order valence-electron chi connectivity index (χ2n) is 3.81. The summed E-state index contributed by atoms with van der Waals surface area (Å²) in [5, 5.41) is 9.48. The lowest BCUT2D eigenvalue weighted by molar-refractivity contribution is 0.00608. The molecule has 1 rings (SSSR count). The summed E-state index contributed by atoms with van der Waals surface area (Å²) in [5.74, 6) is 0.255. The Morgan fingerprint density at radius 1 is 1.21 bits per heavy atom. The van der Waals surface area contributed by atoms with Crippen LogP contribution in [-0.2, 0) is 11.3 Å². The van der Waals surface area contributed by atoms with Gasteiger partial charge in [0.15, 0.2) is 0 Å². The van der Waals surface area contributed by atoms with Gasteiger partial charge in [0, 0.05) is 0 Å². The van der Waals surface area contributed by atoms with E-state index in [1.54, 1.807) is 0 Å². The number of aliphatic hydroxyl groups excluding tert-OH is 1. The lowest BCUT2D eigenvalue weighted by Gasteiger charge is -2.14. The Bertz CT molecular complexity index is 244. The van der Waals surface area contributed by atoms with Crippen LogP contribution in [0.1, 0.15) is 19.4 Å². The molecule has 0 aliphatic rings. The van der Waals surface area contributed by atoms with Crippen molar-refractivity contribution < 1.29 is 9.84 Å². The summed E-state index contributed by atoms with van der Waals surface area (Å²) in [7, 11) is 0. The summed E-state index contributed by atoms with van der Waals surface area (Å²) in [5.41, 5.74) is 1.14. The molecule has 78 valence electrons. The molecule has 1 N–H and O–H groups in total. The first-order chi connectivity index (χ1) is 6.70. The molecule has 0 radical (unpaired) electrons. The first-order valence-electron chi connectivity index (χ1n) is 5.00. The zero-order valence-corrected chi connectivity index (χ0v) is 8.81. The van der Waals surface area contributed by atoms with Gasteiger partial charge in [-0.15, -0.1) is 0 Å². The van der Waals surface area contributed by atoms with Crippen LogP contribution in [-0.4, -0.2) is 17.8 Å². The highest BCUT2D eigenvalue weighted by molar-refractivity contribution is 5.13. The molecule has 0 heterocycles. The van der Waals surface area contributed by atoms with Crippen LogP contribution in [0, 0.1) is 5.92 Å². The topological polar surface area (TPSA) is 29.5 Å². The molecular weight excluding hydrogens is 176 g/mol. The summed E-state index contributed by atoms with van der Waals surface area (Å²) in [6.07, 6.45) is -0.362. The lowest BCUT2D eigenvalue weighted by Crippen LogP contribution is -2.21. The lowest BCUT2D eigenvalue weighted by atomic mass is 10.1. The summed E-state index contributed by atoms with van der Waals surface area (Å²) in [6, 6.07) is 9.98. The largest absolute Gasteiger partial charge is 0.390 e. The number of aliphatic hydroxyl groups is 1. The van der Waals surface area contributed by atoms with Crippen LogP contribution < -0.4 is 0 Å². The fourth-order valence-electron chi connectivity index (χ4n) is 1.06. The van der Waals surface area contributed by atoms with Gasteiger partial charge in [-0.3, -0.25) is 0 Å². The van der Waals surface area contributed by atoms with Crippen molar-refractivity contribution in [3.05, 3.63) is 35.9 Å². The smallest absolute Gasteiger partial charge is 0.0796 e. The third-order valence-corrected chi connectivity index (χ3v) is 2.17. The molecule has 0 spiro atoms. The minimum absolute atomic E-state index is 0.255. The van der Waals surface area contributed by atoms with Crippen molar-refractivity contribution in [3.8, 4) is 0 Å². The van der Waals surface area contributed by atoms with Crippen LogP contribution in [0.4, 0.5) is 0 Å². The predicted molar refractivity (Wildman–Crippen MR) is 56.9 cm³/mol. The van der Waals surface area contributed by atoms with Gasteiger partial charge in [0.1, 0.15) is 0 Å². The minimum atomic E-state index is -0.362. The van der Waals surface area contributed by atoms with E-state index >= 15 is 0 Å². The highest BCUT2D eigenvalue weighted by atomic mass is 16.5. The quantitative estimate of drug-likeness (QED) is 0.778. The van der Waals surface area contributed by atoms with Crippen LogP contribution in [0.5, 0.6) is 0 Å². The van der Waals surface area contributed by atoms with Crippen molar-refractivity contribution in [3.63, 3.8) is 0 Å². The Kier molecular flexibility index (Phi) is 4.63. The third-order valence-electron chi connectivity index (χ3n) is 2.17. The zero-order valence-electron chi connectivity index (χ0n) is 8.81. The normalized spacial score (nSPS) is 13.1. The Labute approximate surface area is 85.5 Å².